The summed E-state index contributed by atoms with van der Waals surface area (Å²) >= 11 is 0. The Labute approximate surface area is 237 Å². The molecular formula is C29H29N3O8S. The monoisotopic (exact) mass is 579 g/mol. The van der Waals surface area contributed by atoms with Gasteiger partial charge in [-0.25, -0.2) is 0 Å². The van der Waals surface area contributed by atoms with Crippen LogP contribution in [0.5, 0.6) is 5.75 Å². The number of fused-ring (bicyclic) bond motifs is 3. The van der Waals surface area contributed by atoms with Gasteiger partial charge in [-0.15, -0.1) is 0 Å². The molecule has 0 amide bonds. The molecule has 2 aromatic rings. The third-order valence-electron chi connectivity index (χ3n) is 8.14. The van der Waals surface area contributed by atoms with Crippen LogP contribution in [0.15, 0.2) is 64.3 Å². The molecule has 0 saturated heterocycles. The molecule has 214 valence electrons. The van der Waals surface area contributed by atoms with Crippen molar-refractivity contribution in [3.05, 3.63) is 70.5 Å². The lowest BCUT2D eigenvalue weighted by molar-refractivity contribution is -0.152. The number of aliphatic hydroxyl groups excluding tert-OH is 2. The fourth-order valence-corrected chi connectivity index (χ4v) is 7.29. The van der Waals surface area contributed by atoms with Crippen molar-refractivity contribution >= 4 is 33.1 Å². The van der Waals surface area contributed by atoms with Crippen molar-refractivity contribution in [2.75, 3.05) is 33.1 Å². The van der Waals surface area contributed by atoms with Crippen LogP contribution in [-0.2, 0) is 26.1 Å². The molecule has 0 radical (unpaired) electrons. The van der Waals surface area contributed by atoms with Crippen LogP contribution >= 0.6 is 0 Å². The van der Waals surface area contributed by atoms with E-state index in [2.05, 4.69) is 0 Å². The van der Waals surface area contributed by atoms with Gasteiger partial charge in [0.2, 0.25) is 5.78 Å². The van der Waals surface area contributed by atoms with Crippen molar-refractivity contribution in [3.63, 3.8) is 0 Å². The molecule has 0 aliphatic heterocycles. The van der Waals surface area contributed by atoms with Crippen LogP contribution in [0.1, 0.15) is 17.5 Å². The van der Waals surface area contributed by atoms with Crippen LogP contribution in [0.4, 0.5) is 5.69 Å². The Balaban J connectivity index is 1.72. The van der Waals surface area contributed by atoms with E-state index in [9.17, 15) is 38.6 Å². The molecule has 12 heteroatoms. The van der Waals surface area contributed by atoms with Crippen LogP contribution in [0.25, 0.3) is 5.76 Å². The van der Waals surface area contributed by atoms with Gasteiger partial charge in [0.05, 0.1) is 11.6 Å². The third-order valence-corrected chi connectivity index (χ3v) is 9.39. The zero-order valence-electron chi connectivity index (χ0n) is 22.8. The second-order valence-corrected chi connectivity index (χ2v) is 12.4. The van der Waals surface area contributed by atoms with Gasteiger partial charge >= 0.3 is 10.1 Å². The molecule has 2 aromatic carbocycles. The summed E-state index contributed by atoms with van der Waals surface area (Å²) in [4.78, 5) is 30.3. The molecule has 0 bridgehead atoms. The van der Waals surface area contributed by atoms with Crippen molar-refractivity contribution in [3.8, 4) is 11.8 Å². The topological polar surface area (TPSA) is 168 Å². The number of hydrogen-bond donors (Lipinski definition) is 3. The number of aliphatic hydroxyl groups is 3. The van der Waals surface area contributed by atoms with Gasteiger partial charge in [0, 0.05) is 31.3 Å². The van der Waals surface area contributed by atoms with Crippen molar-refractivity contribution < 1.29 is 37.5 Å². The Hall–Kier alpha value is -4.18. The van der Waals surface area contributed by atoms with Gasteiger partial charge in [-0.3, -0.25) is 14.5 Å². The average molecular weight is 580 g/mol. The maximum absolute atomic E-state index is 14.0. The molecule has 3 aliphatic rings. The number of likely N-dealkylation sites (N-methyl/N-ethyl adjacent to an activating group) is 1. The van der Waals surface area contributed by atoms with Crippen molar-refractivity contribution in [1.29, 1.82) is 5.26 Å². The number of hydrogen-bond acceptors (Lipinski definition) is 11. The lowest BCUT2D eigenvalue weighted by Gasteiger charge is -2.50. The second kappa shape index (κ2) is 9.73. The van der Waals surface area contributed by atoms with E-state index >= 15 is 0 Å². The number of nitriles is 1. The van der Waals surface area contributed by atoms with Crippen molar-refractivity contribution in [1.82, 2.24) is 4.90 Å². The van der Waals surface area contributed by atoms with Crippen LogP contribution < -0.4 is 9.08 Å². The standard InChI is InChI=1S/C29H29N3O8S/c1-31(2)20-10-11-21(40-41(38,39)16-8-6-5-7-9-16)23-17(20)12-15-13-19-24(32(3)4)25(33)18(14-30)27(35)29(19,37)28(36)22(15)26(23)34/h5-11,15,19,24,34-35,37H,12-13H2,1-4H3/t15-,19-,24-,29+/m0/s1. The molecule has 0 aromatic heterocycles. The fraction of sp³-hybridized carbons (Fsp3) is 0.345. The quantitative estimate of drug-likeness (QED) is 0.444. The first-order valence-electron chi connectivity index (χ1n) is 12.8. The van der Waals surface area contributed by atoms with Gasteiger partial charge in [-0.1, -0.05) is 18.2 Å². The van der Waals surface area contributed by atoms with Crippen LogP contribution in [0, 0.1) is 23.2 Å². The zero-order chi connectivity index (χ0) is 30.0. The Morgan fingerprint density at radius 2 is 1.71 bits per heavy atom. The SMILES string of the molecule is CN(C)c1ccc(OS(=O)(=O)c2ccccc2)c2c1C[C@H]1C[C@H]3[C@H](N(C)C)C(=O)C(C#N)=C(O)[C@@]3(O)C(=O)C1=C2O. The Morgan fingerprint density at radius 3 is 2.29 bits per heavy atom. The Morgan fingerprint density at radius 1 is 1.05 bits per heavy atom. The van der Waals surface area contributed by atoms with E-state index < -0.39 is 62.3 Å². The highest BCUT2D eigenvalue weighted by Gasteiger charge is 2.63. The highest BCUT2D eigenvalue weighted by Crippen LogP contribution is 2.53. The second-order valence-electron chi connectivity index (χ2n) is 10.9. The summed E-state index contributed by atoms with van der Waals surface area (Å²) in [5.41, 5.74) is -2.48. The zero-order valence-corrected chi connectivity index (χ0v) is 23.6. The van der Waals surface area contributed by atoms with Gasteiger partial charge in [-0.05, 0) is 62.7 Å². The molecule has 41 heavy (non-hydrogen) atoms. The maximum Gasteiger partial charge on any atom is 0.339 e. The van der Waals surface area contributed by atoms with Crippen LogP contribution in [0.3, 0.4) is 0 Å². The van der Waals surface area contributed by atoms with Gasteiger partial charge in [0.1, 0.15) is 22.3 Å². The van der Waals surface area contributed by atoms with E-state index in [1.54, 1.807) is 51.3 Å². The van der Waals surface area contributed by atoms with E-state index in [1.165, 1.54) is 35.2 Å². The number of nitrogens with zero attached hydrogens (tertiary/aromatic N) is 3. The highest BCUT2D eigenvalue weighted by molar-refractivity contribution is 7.87. The normalized spacial score (nSPS) is 25.8. The lowest BCUT2D eigenvalue weighted by atomic mass is 9.57. The number of carbonyl (C=O) groups is 2. The first-order valence-corrected chi connectivity index (χ1v) is 14.2. The molecule has 3 aliphatic carbocycles. The van der Waals surface area contributed by atoms with Gasteiger partial charge in [0.25, 0.3) is 0 Å². The van der Waals surface area contributed by atoms with E-state index in [1.807, 2.05) is 0 Å². The number of benzene rings is 2. The molecule has 1 saturated carbocycles. The predicted octanol–water partition coefficient (Wildman–Crippen LogP) is 2.13. The maximum atomic E-state index is 14.0. The van der Waals surface area contributed by atoms with Crippen molar-refractivity contribution in [2.24, 2.45) is 11.8 Å². The molecule has 0 heterocycles. The first-order chi connectivity index (χ1) is 19.2. The molecule has 0 spiro atoms. The minimum Gasteiger partial charge on any atom is -0.507 e. The number of rotatable bonds is 5. The molecule has 5 rings (SSSR count). The summed E-state index contributed by atoms with van der Waals surface area (Å²) in [5, 5.41) is 43.9. The molecule has 1 fully saturated rings. The van der Waals surface area contributed by atoms with Gasteiger partial charge in [0.15, 0.2) is 22.9 Å². The summed E-state index contributed by atoms with van der Waals surface area (Å²) in [6.07, 6.45) is 0.158. The Bertz CT molecular complexity index is 1690. The molecule has 3 N–H and O–H groups in total. The summed E-state index contributed by atoms with van der Waals surface area (Å²) in [6.45, 7) is 0. The number of carbonyl (C=O) groups excluding carboxylic acids is 2. The van der Waals surface area contributed by atoms with Gasteiger partial charge < -0.3 is 24.4 Å². The smallest absolute Gasteiger partial charge is 0.339 e. The van der Waals surface area contributed by atoms with E-state index in [-0.39, 0.29) is 34.6 Å². The summed E-state index contributed by atoms with van der Waals surface area (Å²) < 4.78 is 31.7. The van der Waals surface area contributed by atoms with Gasteiger partial charge in [-0.2, -0.15) is 13.7 Å². The largest absolute Gasteiger partial charge is 0.507 e. The number of ketones is 2. The summed E-state index contributed by atoms with van der Waals surface area (Å²) in [6, 6.07) is 11.0. The third kappa shape index (κ3) is 4.11. The molecule has 4 atom stereocenters. The molecule has 11 nitrogen and oxygen atoms in total. The fourth-order valence-electron chi connectivity index (χ4n) is 6.33. The van der Waals surface area contributed by atoms with E-state index in [0.717, 1.165) is 0 Å². The summed E-state index contributed by atoms with van der Waals surface area (Å²) in [5.74, 6) is -5.43. The van der Waals surface area contributed by atoms with Crippen molar-refractivity contribution in [2.45, 2.75) is 29.4 Å². The first kappa shape index (κ1) is 28.4. The lowest BCUT2D eigenvalue weighted by Crippen LogP contribution is -2.65. The highest BCUT2D eigenvalue weighted by atomic mass is 32.2. The number of Topliss-reactive ketones (excluding diaryl/α,β-unsaturated/α-hetero) is 2. The van der Waals surface area contributed by atoms with Crippen LogP contribution in [0.2, 0.25) is 0 Å². The van der Waals surface area contributed by atoms with E-state index in [0.29, 0.717) is 11.3 Å². The summed E-state index contributed by atoms with van der Waals surface area (Å²) in [7, 11) is 2.36. The predicted molar refractivity (Wildman–Crippen MR) is 148 cm³/mol. The average Bonchev–Trinajstić information content (AvgIpc) is 2.91. The molecule has 0 unspecified atom stereocenters. The minimum atomic E-state index is -4.33. The van der Waals surface area contributed by atoms with Crippen LogP contribution in [-0.4, -0.2) is 80.0 Å². The Kier molecular flexibility index (Phi) is 6.73. The number of anilines is 1. The van der Waals surface area contributed by atoms with E-state index in [4.69, 9.17) is 4.18 Å². The minimum absolute atomic E-state index is 0.0126. The molecular weight excluding hydrogens is 550 g/mol.